The van der Waals surface area contributed by atoms with Crippen molar-refractivity contribution in [3.05, 3.63) is 35.4 Å². The molecule has 0 fully saturated rings. The summed E-state index contributed by atoms with van der Waals surface area (Å²) in [5.41, 5.74) is 0.410. The molecule has 0 radical (unpaired) electrons. The minimum atomic E-state index is -3.47. The molecular weight excluding hydrogens is 308 g/mol. The van der Waals surface area contributed by atoms with E-state index < -0.39 is 21.7 Å². The van der Waals surface area contributed by atoms with Crippen LogP contribution in [0.25, 0.3) is 0 Å². The van der Waals surface area contributed by atoms with Gasteiger partial charge in [-0.05, 0) is 23.6 Å². The lowest BCUT2D eigenvalue weighted by Gasteiger charge is -2.22. The quantitative estimate of drug-likeness (QED) is 0.723. The third-order valence-electron chi connectivity index (χ3n) is 2.85. The molecule has 0 spiro atoms. The average Bonchev–Trinajstić information content (AvgIpc) is 2.39. The van der Waals surface area contributed by atoms with Gasteiger partial charge in [-0.1, -0.05) is 19.9 Å². The lowest BCUT2D eigenvalue weighted by atomic mass is 10.2. The molecule has 114 valence electrons. The molecule has 0 aromatic heterocycles. The van der Waals surface area contributed by atoms with Crippen LogP contribution in [-0.4, -0.2) is 30.9 Å². The molecule has 1 aromatic rings. The van der Waals surface area contributed by atoms with Crippen LogP contribution in [0.2, 0.25) is 0 Å². The van der Waals surface area contributed by atoms with Crippen LogP contribution in [0, 0.1) is 17.6 Å². The standard InChI is InChI=1S/C13H18ClF2NO2S/c1-3-17(20(18,19)9-10(2)7-14)8-11-4-5-12(15)13(16)6-11/h4-6,10H,3,7-9H2,1-2H3. The zero-order chi connectivity index (χ0) is 15.3. The van der Waals surface area contributed by atoms with Gasteiger partial charge in [0.15, 0.2) is 11.6 Å². The molecule has 0 heterocycles. The number of alkyl halides is 1. The van der Waals surface area contributed by atoms with Gasteiger partial charge in [0.05, 0.1) is 5.75 Å². The number of halogens is 3. The fraction of sp³-hybridized carbons (Fsp3) is 0.538. The van der Waals surface area contributed by atoms with Gasteiger partial charge >= 0.3 is 0 Å². The molecule has 0 aliphatic heterocycles. The predicted octanol–water partition coefficient (Wildman–Crippen LogP) is 2.99. The van der Waals surface area contributed by atoms with Crippen molar-refractivity contribution >= 4 is 21.6 Å². The molecule has 1 aromatic carbocycles. The third kappa shape index (κ3) is 4.68. The lowest BCUT2D eigenvalue weighted by Crippen LogP contribution is -2.34. The molecule has 0 bridgehead atoms. The summed E-state index contributed by atoms with van der Waals surface area (Å²) in [6, 6.07) is 3.38. The van der Waals surface area contributed by atoms with Crippen molar-refractivity contribution in [3.63, 3.8) is 0 Å². The molecule has 0 aliphatic rings. The molecule has 20 heavy (non-hydrogen) atoms. The number of benzene rings is 1. The SMILES string of the molecule is CCN(Cc1ccc(F)c(F)c1)S(=O)(=O)CC(C)CCl. The van der Waals surface area contributed by atoms with Crippen molar-refractivity contribution in [1.29, 1.82) is 0 Å². The van der Waals surface area contributed by atoms with Crippen LogP contribution in [0.4, 0.5) is 8.78 Å². The highest BCUT2D eigenvalue weighted by atomic mass is 35.5. The van der Waals surface area contributed by atoms with E-state index in [1.54, 1.807) is 13.8 Å². The number of nitrogens with zero attached hydrogens (tertiary/aromatic N) is 1. The van der Waals surface area contributed by atoms with Crippen molar-refractivity contribution < 1.29 is 17.2 Å². The van der Waals surface area contributed by atoms with Crippen molar-refractivity contribution in [2.45, 2.75) is 20.4 Å². The van der Waals surface area contributed by atoms with Crippen molar-refractivity contribution in [2.24, 2.45) is 5.92 Å². The second-order valence-electron chi connectivity index (χ2n) is 4.71. The van der Waals surface area contributed by atoms with E-state index in [1.807, 2.05) is 0 Å². The summed E-state index contributed by atoms with van der Waals surface area (Å²) in [6.45, 7) is 3.72. The Labute approximate surface area is 123 Å². The van der Waals surface area contributed by atoms with Gasteiger partial charge in [-0.3, -0.25) is 0 Å². The van der Waals surface area contributed by atoms with Crippen molar-refractivity contribution in [1.82, 2.24) is 4.31 Å². The summed E-state index contributed by atoms with van der Waals surface area (Å²) in [5, 5.41) is 0. The number of sulfonamides is 1. The second-order valence-corrected chi connectivity index (χ2v) is 7.03. The van der Waals surface area contributed by atoms with Crippen LogP contribution >= 0.6 is 11.6 Å². The smallest absolute Gasteiger partial charge is 0.212 e. The molecule has 1 unspecified atom stereocenters. The molecular formula is C13H18ClF2NO2S. The highest BCUT2D eigenvalue weighted by molar-refractivity contribution is 7.89. The summed E-state index contributed by atoms with van der Waals surface area (Å²) in [6.07, 6.45) is 0. The van der Waals surface area contributed by atoms with E-state index in [-0.39, 0.29) is 30.6 Å². The van der Waals surface area contributed by atoms with E-state index in [9.17, 15) is 17.2 Å². The second kappa shape index (κ2) is 7.33. The lowest BCUT2D eigenvalue weighted by molar-refractivity contribution is 0.416. The van der Waals surface area contributed by atoms with Crippen LogP contribution in [0.1, 0.15) is 19.4 Å². The molecule has 1 rings (SSSR count). The van der Waals surface area contributed by atoms with E-state index in [4.69, 9.17) is 11.6 Å². The Morgan fingerprint density at radius 3 is 2.45 bits per heavy atom. The fourth-order valence-electron chi connectivity index (χ4n) is 1.76. The maximum Gasteiger partial charge on any atom is 0.214 e. The molecule has 7 heteroatoms. The third-order valence-corrected chi connectivity index (χ3v) is 5.54. The monoisotopic (exact) mass is 325 g/mol. The minimum Gasteiger partial charge on any atom is -0.212 e. The molecule has 0 saturated heterocycles. The first-order valence-electron chi connectivity index (χ1n) is 6.27. The average molecular weight is 326 g/mol. The van der Waals surface area contributed by atoms with Crippen LogP contribution in [-0.2, 0) is 16.6 Å². The van der Waals surface area contributed by atoms with Gasteiger partial charge in [0.25, 0.3) is 0 Å². The van der Waals surface area contributed by atoms with Crippen LogP contribution in [0.3, 0.4) is 0 Å². The van der Waals surface area contributed by atoms with E-state index in [0.29, 0.717) is 5.56 Å². The topological polar surface area (TPSA) is 37.4 Å². The molecule has 0 saturated carbocycles. The number of rotatable bonds is 7. The van der Waals surface area contributed by atoms with Crippen molar-refractivity contribution in [3.8, 4) is 0 Å². The summed E-state index contributed by atoms with van der Waals surface area (Å²) in [4.78, 5) is 0. The molecule has 0 aliphatic carbocycles. The highest BCUT2D eigenvalue weighted by Crippen LogP contribution is 2.15. The molecule has 3 nitrogen and oxygen atoms in total. The Balaban J connectivity index is 2.88. The van der Waals surface area contributed by atoms with Gasteiger partial charge in [-0.15, -0.1) is 11.6 Å². The van der Waals surface area contributed by atoms with Gasteiger partial charge in [-0.25, -0.2) is 17.2 Å². The molecule has 1 atom stereocenters. The molecule has 0 N–H and O–H groups in total. The van der Waals surface area contributed by atoms with Crippen molar-refractivity contribution in [2.75, 3.05) is 18.2 Å². The summed E-state index contributed by atoms with van der Waals surface area (Å²) >= 11 is 5.63. The highest BCUT2D eigenvalue weighted by Gasteiger charge is 2.23. The Morgan fingerprint density at radius 2 is 1.95 bits per heavy atom. The van der Waals surface area contributed by atoms with Crippen LogP contribution in [0.5, 0.6) is 0 Å². The van der Waals surface area contributed by atoms with Gasteiger partial charge in [0.2, 0.25) is 10.0 Å². The largest absolute Gasteiger partial charge is 0.214 e. The molecule has 0 amide bonds. The van der Waals surface area contributed by atoms with E-state index in [0.717, 1.165) is 12.1 Å². The normalized spacial score (nSPS) is 13.7. The Morgan fingerprint density at radius 1 is 1.30 bits per heavy atom. The zero-order valence-corrected chi connectivity index (χ0v) is 13.0. The van der Waals surface area contributed by atoms with E-state index in [1.165, 1.54) is 10.4 Å². The number of hydrogen-bond acceptors (Lipinski definition) is 2. The van der Waals surface area contributed by atoms with Crippen LogP contribution < -0.4 is 0 Å². The fourth-order valence-corrected chi connectivity index (χ4v) is 3.78. The zero-order valence-electron chi connectivity index (χ0n) is 11.4. The van der Waals surface area contributed by atoms with E-state index in [2.05, 4.69) is 0 Å². The van der Waals surface area contributed by atoms with Gasteiger partial charge in [-0.2, -0.15) is 4.31 Å². The van der Waals surface area contributed by atoms with Gasteiger partial charge < -0.3 is 0 Å². The minimum absolute atomic E-state index is 0.0189. The summed E-state index contributed by atoms with van der Waals surface area (Å²) < 4.78 is 51.6. The maximum atomic E-state index is 13.1. The predicted molar refractivity (Wildman–Crippen MR) is 76.1 cm³/mol. The van der Waals surface area contributed by atoms with Crippen LogP contribution in [0.15, 0.2) is 18.2 Å². The first-order chi connectivity index (χ1) is 9.30. The van der Waals surface area contributed by atoms with Gasteiger partial charge in [0, 0.05) is 19.0 Å². The Bertz CT molecular complexity index is 551. The Hall–Kier alpha value is -0.720. The van der Waals surface area contributed by atoms with Gasteiger partial charge in [0.1, 0.15) is 0 Å². The Kier molecular flexibility index (Phi) is 6.36. The first kappa shape index (κ1) is 17.3. The first-order valence-corrected chi connectivity index (χ1v) is 8.42. The summed E-state index contributed by atoms with van der Waals surface area (Å²) in [5.74, 6) is -1.91. The van der Waals surface area contributed by atoms with E-state index >= 15 is 0 Å². The number of hydrogen-bond donors (Lipinski definition) is 0. The maximum absolute atomic E-state index is 13.1. The summed E-state index contributed by atoms with van der Waals surface area (Å²) in [7, 11) is -3.47.